The van der Waals surface area contributed by atoms with Crippen molar-refractivity contribution in [3.05, 3.63) is 17.8 Å². The average molecular weight is 238 g/mol. The standard InChI is InChI=1S/C11H14N2O4/c1-2-6-4-12-9(17-6)5-13-10(14)7-3-8(7)11(15)16/h4,7-8H,2-3,5H2,1H3,(H,13,14)(H,15,16). The Labute approximate surface area is 98.0 Å². The summed E-state index contributed by atoms with van der Waals surface area (Å²) in [5.74, 6) is -0.853. The summed E-state index contributed by atoms with van der Waals surface area (Å²) in [5.41, 5.74) is 0. The molecular formula is C11H14N2O4. The van der Waals surface area contributed by atoms with E-state index in [0.29, 0.717) is 12.3 Å². The summed E-state index contributed by atoms with van der Waals surface area (Å²) in [6, 6.07) is 0. The van der Waals surface area contributed by atoms with Crippen LogP contribution in [0.2, 0.25) is 0 Å². The molecule has 92 valence electrons. The summed E-state index contributed by atoms with van der Waals surface area (Å²) in [4.78, 5) is 26.1. The van der Waals surface area contributed by atoms with Gasteiger partial charge in [0, 0.05) is 6.42 Å². The van der Waals surface area contributed by atoms with E-state index in [4.69, 9.17) is 9.52 Å². The van der Waals surface area contributed by atoms with Crippen molar-refractivity contribution in [3.63, 3.8) is 0 Å². The van der Waals surface area contributed by atoms with Crippen LogP contribution in [-0.2, 0) is 22.6 Å². The second kappa shape index (κ2) is 4.57. The second-order valence-electron chi connectivity index (χ2n) is 4.08. The number of aliphatic carboxylic acids is 1. The molecule has 17 heavy (non-hydrogen) atoms. The third-order valence-electron chi connectivity index (χ3n) is 2.81. The Balaban J connectivity index is 1.79. The maximum Gasteiger partial charge on any atom is 0.307 e. The van der Waals surface area contributed by atoms with Gasteiger partial charge in [-0.1, -0.05) is 6.92 Å². The molecule has 0 aliphatic heterocycles. The van der Waals surface area contributed by atoms with Gasteiger partial charge in [-0.2, -0.15) is 0 Å². The van der Waals surface area contributed by atoms with Gasteiger partial charge in [-0.15, -0.1) is 0 Å². The monoisotopic (exact) mass is 238 g/mol. The Morgan fingerprint density at radius 2 is 2.35 bits per heavy atom. The van der Waals surface area contributed by atoms with Gasteiger partial charge in [-0.05, 0) is 6.42 Å². The lowest BCUT2D eigenvalue weighted by Gasteiger charge is -2.00. The van der Waals surface area contributed by atoms with Gasteiger partial charge in [0.05, 0.1) is 24.6 Å². The number of carboxylic acid groups (broad SMARTS) is 1. The van der Waals surface area contributed by atoms with Crippen molar-refractivity contribution in [1.82, 2.24) is 10.3 Å². The molecule has 1 heterocycles. The van der Waals surface area contributed by atoms with Gasteiger partial charge < -0.3 is 14.8 Å². The van der Waals surface area contributed by atoms with Crippen LogP contribution in [0.1, 0.15) is 25.0 Å². The van der Waals surface area contributed by atoms with Gasteiger partial charge in [0.15, 0.2) is 0 Å². The number of rotatable bonds is 5. The molecule has 0 radical (unpaired) electrons. The van der Waals surface area contributed by atoms with Crippen molar-refractivity contribution < 1.29 is 19.1 Å². The normalized spacial score (nSPS) is 22.2. The minimum Gasteiger partial charge on any atom is -0.481 e. The van der Waals surface area contributed by atoms with Gasteiger partial charge in [-0.25, -0.2) is 4.98 Å². The van der Waals surface area contributed by atoms with Crippen LogP contribution in [0.15, 0.2) is 10.6 Å². The zero-order valence-electron chi connectivity index (χ0n) is 9.47. The minimum atomic E-state index is -0.908. The van der Waals surface area contributed by atoms with E-state index in [0.717, 1.165) is 12.2 Å². The van der Waals surface area contributed by atoms with E-state index in [1.165, 1.54) is 0 Å². The zero-order chi connectivity index (χ0) is 12.4. The molecule has 0 spiro atoms. The van der Waals surface area contributed by atoms with E-state index >= 15 is 0 Å². The van der Waals surface area contributed by atoms with Gasteiger partial charge >= 0.3 is 5.97 Å². The molecule has 0 aromatic carbocycles. The van der Waals surface area contributed by atoms with Crippen LogP contribution in [0.25, 0.3) is 0 Å². The Morgan fingerprint density at radius 3 is 2.88 bits per heavy atom. The quantitative estimate of drug-likeness (QED) is 0.782. The van der Waals surface area contributed by atoms with Crippen molar-refractivity contribution in [2.24, 2.45) is 11.8 Å². The summed E-state index contributed by atoms with van der Waals surface area (Å²) < 4.78 is 5.32. The number of carboxylic acids is 1. The highest BCUT2D eigenvalue weighted by molar-refractivity contribution is 5.89. The minimum absolute atomic E-state index is 0.210. The Morgan fingerprint density at radius 1 is 1.59 bits per heavy atom. The Hall–Kier alpha value is -1.85. The molecule has 6 heteroatoms. The van der Waals surface area contributed by atoms with Crippen molar-refractivity contribution in [1.29, 1.82) is 0 Å². The van der Waals surface area contributed by atoms with Gasteiger partial charge in [0.1, 0.15) is 5.76 Å². The number of nitrogens with one attached hydrogen (secondary N) is 1. The van der Waals surface area contributed by atoms with Crippen molar-refractivity contribution in [2.45, 2.75) is 26.3 Å². The smallest absolute Gasteiger partial charge is 0.307 e. The van der Waals surface area contributed by atoms with Crippen LogP contribution in [-0.4, -0.2) is 22.0 Å². The topological polar surface area (TPSA) is 92.4 Å². The van der Waals surface area contributed by atoms with E-state index in [-0.39, 0.29) is 12.5 Å². The van der Waals surface area contributed by atoms with E-state index in [2.05, 4.69) is 10.3 Å². The SMILES string of the molecule is CCc1cnc(CNC(=O)C2CC2C(=O)O)o1. The van der Waals surface area contributed by atoms with Gasteiger partial charge in [-0.3, -0.25) is 9.59 Å². The molecule has 1 aromatic heterocycles. The predicted molar refractivity (Wildman–Crippen MR) is 57.0 cm³/mol. The molecule has 2 rings (SSSR count). The Kier molecular flexibility index (Phi) is 3.12. The van der Waals surface area contributed by atoms with Crippen LogP contribution in [0, 0.1) is 11.8 Å². The zero-order valence-corrected chi connectivity index (χ0v) is 9.47. The molecule has 1 fully saturated rings. The second-order valence-corrected chi connectivity index (χ2v) is 4.08. The molecule has 1 aliphatic carbocycles. The molecule has 1 aromatic rings. The van der Waals surface area contributed by atoms with Crippen molar-refractivity contribution >= 4 is 11.9 Å². The molecule has 0 bridgehead atoms. The first-order valence-electron chi connectivity index (χ1n) is 5.56. The van der Waals surface area contributed by atoms with Gasteiger partial charge in [0.25, 0.3) is 0 Å². The van der Waals surface area contributed by atoms with E-state index < -0.39 is 17.8 Å². The number of aromatic nitrogens is 1. The van der Waals surface area contributed by atoms with Crippen LogP contribution < -0.4 is 5.32 Å². The fourth-order valence-electron chi connectivity index (χ4n) is 1.64. The van der Waals surface area contributed by atoms with E-state index in [1.807, 2.05) is 6.92 Å². The number of oxazole rings is 1. The van der Waals surface area contributed by atoms with Crippen LogP contribution in [0.3, 0.4) is 0 Å². The number of nitrogens with zero attached hydrogens (tertiary/aromatic N) is 1. The number of hydrogen-bond acceptors (Lipinski definition) is 4. The molecule has 1 amide bonds. The average Bonchev–Trinajstić information content (AvgIpc) is 2.99. The van der Waals surface area contributed by atoms with Crippen molar-refractivity contribution in [3.8, 4) is 0 Å². The number of amides is 1. The van der Waals surface area contributed by atoms with Gasteiger partial charge in [0.2, 0.25) is 11.8 Å². The molecule has 0 saturated heterocycles. The summed E-state index contributed by atoms with van der Waals surface area (Å²) in [7, 11) is 0. The fourth-order valence-corrected chi connectivity index (χ4v) is 1.64. The molecule has 1 saturated carbocycles. The molecule has 2 unspecified atom stereocenters. The first kappa shape index (κ1) is 11.6. The van der Waals surface area contributed by atoms with Crippen LogP contribution >= 0.6 is 0 Å². The predicted octanol–water partition coefficient (Wildman–Crippen LogP) is 0.574. The van der Waals surface area contributed by atoms with Crippen molar-refractivity contribution in [2.75, 3.05) is 0 Å². The van der Waals surface area contributed by atoms with Crippen LogP contribution in [0.5, 0.6) is 0 Å². The summed E-state index contributed by atoms with van der Waals surface area (Å²) in [6.45, 7) is 2.16. The largest absolute Gasteiger partial charge is 0.481 e. The van der Waals surface area contributed by atoms with Crippen LogP contribution in [0.4, 0.5) is 0 Å². The lowest BCUT2D eigenvalue weighted by Crippen LogP contribution is -2.26. The third-order valence-corrected chi connectivity index (χ3v) is 2.81. The highest BCUT2D eigenvalue weighted by Crippen LogP contribution is 2.38. The number of carbonyl (C=O) groups is 2. The number of aryl methyl sites for hydroxylation is 1. The lowest BCUT2D eigenvalue weighted by molar-refractivity contribution is -0.140. The summed E-state index contributed by atoms with van der Waals surface area (Å²) in [6.07, 6.45) is 2.80. The maximum atomic E-state index is 11.5. The Bertz CT molecular complexity index is 440. The maximum absolute atomic E-state index is 11.5. The highest BCUT2D eigenvalue weighted by Gasteiger charge is 2.48. The molecular weight excluding hydrogens is 224 g/mol. The highest BCUT2D eigenvalue weighted by atomic mass is 16.4. The lowest BCUT2D eigenvalue weighted by atomic mass is 10.3. The fraction of sp³-hybridized carbons (Fsp3) is 0.545. The third kappa shape index (κ3) is 2.64. The molecule has 6 nitrogen and oxygen atoms in total. The van der Waals surface area contributed by atoms with E-state index in [1.54, 1.807) is 6.20 Å². The first-order valence-corrected chi connectivity index (χ1v) is 5.56. The summed E-state index contributed by atoms with van der Waals surface area (Å²) >= 11 is 0. The number of hydrogen-bond donors (Lipinski definition) is 2. The van der Waals surface area contributed by atoms with E-state index in [9.17, 15) is 9.59 Å². The number of carbonyl (C=O) groups excluding carboxylic acids is 1. The molecule has 2 N–H and O–H groups in total. The summed E-state index contributed by atoms with van der Waals surface area (Å²) in [5, 5.41) is 11.3. The molecule has 2 atom stereocenters. The molecule has 1 aliphatic rings. The first-order chi connectivity index (χ1) is 8.11.